The molecular weight excluding hydrogens is 437 g/mol. The minimum absolute atomic E-state index is 0.0830. The van der Waals surface area contributed by atoms with E-state index >= 15 is 0 Å². The summed E-state index contributed by atoms with van der Waals surface area (Å²) in [5.74, 6) is -0.578. The molecule has 0 spiro atoms. The van der Waals surface area contributed by atoms with Crippen LogP contribution in [0, 0.1) is 19.7 Å². The van der Waals surface area contributed by atoms with Crippen LogP contribution in [0.25, 0.3) is 33.1 Å². The highest BCUT2D eigenvalue weighted by Gasteiger charge is 2.20. The minimum Gasteiger partial charge on any atom is -0.463 e. The molecule has 172 valence electrons. The van der Waals surface area contributed by atoms with E-state index in [4.69, 9.17) is 8.83 Å². The number of imidazole rings is 1. The fourth-order valence-corrected chi connectivity index (χ4v) is 4.23. The number of nitrogens with one attached hydrogen (secondary N) is 2. The van der Waals surface area contributed by atoms with Crippen molar-refractivity contribution < 1.29 is 18.0 Å². The Kier molecular flexibility index (Phi) is 5.49. The lowest BCUT2D eigenvalue weighted by atomic mass is 9.97. The molecule has 0 saturated heterocycles. The van der Waals surface area contributed by atoms with Crippen LogP contribution in [0.15, 0.2) is 62.7 Å². The second-order valence-electron chi connectivity index (χ2n) is 8.26. The van der Waals surface area contributed by atoms with E-state index in [0.717, 1.165) is 27.6 Å². The average molecular weight is 459 g/mol. The largest absolute Gasteiger partial charge is 0.463 e. The van der Waals surface area contributed by atoms with Gasteiger partial charge in [0.2, 0.25) is 5.91 Å². The first-order valence-electron chi connectivity index (χ1n) is 10.9. The van der Waals surface area contributed by atoms with E-state index in [1.807, 2.05) is 19.9 Å². The minimum atomic E-state index is -0.540. The molecular formula is C26H22FN3O4. The number of aromatic amines is 1. The highest BCUT2D eigenvalue weighted by Crippen LogP contribution is 2.37. The van der Waals surface area contributed by atoms with Crippen molar-refractivity contribution in [3.05, 3.63) is 87.7 Å². The number of amides is 1. The van der Waals surface area contributed by atoms with Gasteiger partial charge >= 0.3 is 5.63 Å². The van der Waals surface area contributed by atoms with E-state index in [1.165, 1.54) is 12.1 Å². The molecule has 0 unspecified atom stereocenters. The van der Waals surface area contributed by atoms with E-state index in [9.17, 15) is 14.0 Å². The van der Waals surface area contributed by atoms with Gasteiger partial charge in [-0.25, -0.2) is 14.2 Å². The number of H-pyrrole nitrogens is 1. The third-order valence-corrected chi connectivity index (χ3v) is 6.11. The van der Waals surface area contributed by atoms with Crippen molar-refractivity contribution >= 4 is 27.8 Å². The Morgan fingerprint density at radius 2 is 1.91 bits per heavy atom. The Morgan fingerprint density at radius 3 is 2.65 bits per heavy atom. The van der Waals surface area contributed by atoms with Gasteiger partial charge in [0.25, 0.3) is 0 Å². The monoisotopic (exact) mass is 459 g/mol. The summed E-state index contributed by atoms with van der Waals surface area (Å²) in [5.41, 5.74) is 4.71. The number of hydrogen-bond donors (Lipinski definition) is 2. The summed E-state index contributed by atoms with van der Waals surface area (Å²) < 4.78 is 24.8. The SMILES string of the molecule is Cc1c(CC(=O)NCCc2cnc[nH]2)c(=O)oc2c(C)c3occ(-c4ccc(F)cc4)c3cc12. The van der Waals surface area contributed by atoms with Crippen LogP contribution in [0.3, 0.4) is 0 Å². The molecule has 2 N–H and O–H groups in total. The van der Waals surface area contributed by atoms with Crippen LogP contribution in [0.2, 0.25) is 0 Å². The van der Waals surface area contributed by atoms with Gasteiger partial charge in [0.05, 0.1) is 24.6 Å². The van der Waals surface area contributed by atoms with Gasteiger partial charge in [-0.2, -0.15) is 0 Å². The second-order valence-corrected chi connectivity index (χ2v) is 8.26. The molecule has 3 heterocycles. The molecule has 7 nitrogen and oxygen atoms in total. The van der Waals surface area contributed by atoms with Crippen LogP contribution >= 0.6 is 0 Å². The van der Waals surface area contributed by atoms with Gasteiger partial charge in [-0.1, -0.05) is 12.1 Å². The Hall–Kier alpha value is -4.20. The summed E-state index contributed by atoms with van der Waals surface area (Å²) >= 11 is 0. The molecule has 0 radical (unpaired) electrons. The first-order valence-corrected chi connectivity index (χ1v) is 10.9. The fourth-order valence-electron chi connectivity index (χ4n) is 4.23. The summed E-state index contributed by atoms with van der Waals surface area (Å²) in [7, 11) is 0. The summed E-state index contributed by atoms with van der Waals surface area (Å²) in [4.78, 5) is 32.2. The first-order chi connectivity index (χ1) is 16.4. The highest BCUT2D eigenvalue weighted by molar-refractivity contribution is 6.05. The quantitative estimate of drug-likeness (QED) is 0.362. The maximum atomic E-state index is 13.4. The van der Waals surface area contributed by atoms with Crippen molar-refractivity contribution in [2.45, 2.75) is 26.7 Å². The number of carbonyl (C=O) groups is 1. The van der Waals surface area contributed by atoms with Crippen molar-refractivity contribution in [1.29, 1.82) is 0 Å². The lowest BCUT2D eigenvalue weighted by Gasteiger charge is -2.10. The van der Waals surface area contributed by atoms with Gasteiger partial charge in [-0.05, 0) is 43.2 Å². The molecule has 3 aromatic heterocycles. The predicted octanol–water partition coefficient (Wildman–Crippen LogP) is 4.59. The number of hydrogen-bond acceptors (Lipinski definition) is 5. The zero-order valence-electron chi connectivity index (χ0n) is 18.7. The van der Waals surface area contributed by atoms with Crippen LogP contribution in [0.1, 0.15) is 22.4 Å². The molecule has 0 saturated carbocycles. The highest BCUT2D eigenvalue weighted by atomic mass is 19.1. The standard InChI is InChI=1S/C26H22FN3O4/c1-14-19-9-21-22(16-3-5-17(27)6-4-16)12-33-24(21)15(2)25(19)34-26(32)20(14)10-23(31)29-8-7-18-11-28-13-30-18/h3-6,9,11-13H,7-8,10H2,1-2H3,(H,28,30)(H,29,31). The van der Waals surface area contributed by atoms with Gasteiger partial charge in [-0.15, -0.1) is 0 Å². The molecule has 34 heavy (non-hydrogen) atoms. The molecule has 0 aliphatic carbocycles. The van der Waals surface area contributed by atoms with Crippen molar-refractivity contribution in [2.75, 3.05) is 6.54 Å². The van der Waals surface area contributed by atoms with Crippen molar-refractivity contribution in [3.63, 3.8) is 0 Å². The second kappa shape index (κ2) is 8.62. The van der Waals surface area contributed by atoms with Gasteiger partial charge in [0.1, 0.15) is 17.0 Å². The van der Waals surface area contributed by atoms with Gasteiger partial charge in [0.15, 0.2) is 0 Å². The predicted molar refractivity (Wildman–Crippen MR) is 126 cm³/mol. The normalized spacial score (nSPS) is 11.4. The Bertz CT molecular complexity index is 1560. The zero-order chi connectivity index (χ0) is 23.8. The molecule has 0 bridgehead atoms. The molecule has 5 aromatic rings. The molecule has 0 aliphatic heterocycles. The van der Waals surface area contributed by atoms with E-state index in [1.54, 1.807) is 30.9 Å². The molecule has 0 aliphatic rings. The number of benzene rings is 2. The number of aryl methyl sites for hydroxylation is 2. The number of nitrogens with zero attached hydrogens (tertiary/aromatic N) is 1. The zero-order valence-corrected chi connectivity index (χ0v) is 18.7. The van der Waals surface area contributed by atoms with Crippen LogP contribution < -0.4 is 10.9 Å². The smallest absolute Gasteiger partial charge is 0.340 e. The number of rotatable bonds is 6. The van der Waals surface area contributed by atoms with Crippen molar-refractivity contribution in [3.8, 4) is 11.1 Å². The van der Waals surface area contributed by atoms with Crippen molar-refractivity contribution in [1.82, 2.24) is 15.3 Å². The lowest BCUT2D eigenvalue weighted by Crippen LogP contribution is -2.29. The van der Waals surface area contributed by atoms with Crippen LogP contribution in [-0.4, -0.2) is 22.4 Å². The third kappa shape index (κ3) is 3.87. The number of fused-ring (bicyclic) bond motifs is 2. The molecule has 8 heteroatoms. The van der Waals surface area contributed by atoms with E-state index < -0.39 is 5.63 Å². The maximum Gasteiger partial charge on any atom is 0.340 e. The molecule has 2 aromatic carbocycles. The topological polar surface area (TPSA) is 101 Å². The molecule has 0 atom stereocenters. The Morgan fingerprint density at radius 1 is 1.12 bits per heavy atom. The number of aromatic nitrogens is 2. The number of halogens is 1. The fraction of sp³-hybridized carbons (Fsp3) is 0.192. The summed E-state index contributed by atoms with van der Waals surface area (Å²) in [6, 6.07) is 8.08. The Labute approximate surface area is 193 Å². The maximum absolute atomic E-state index is 13.4. The third-order valence-electron chi connectivity index (χ3n) is 6.11. The van der Waals surface area contributed by atoms with Crippen LogP contribution in [-0.2, 0) is 17.6 Å². The van der Waals surface area contributed by atoms with E-state index in [-0.39, 0.29) is 18.1 Å². The van der Waals surface area contributed by atoms with Gasteiger partial charge in [-0.3, -0.25) is 4.79 Å². The first kappa shape index (κ1) is 21.6. The lowest BCUT2D eigenvalue weighted by molar-refractivity contribution is -0.120. The molecule has 1 amide bonds. The van der Waals surface area contributed by atoms with Gasteiger partial charge in [0, 0.05) is 46.8 Å². The molecule has 5 rings (SSSR count). The summed E-state index contributed by atoms with van der Waals surface area (Å²) in [6.45, 7) is 4.07. The van der Waals surface area contributed by atoms with Crippen molar-refractivity contribution in [2.24, 2.45) is 0 Å². The average Bonchev–Trinajstić information content (AvgIpc) is 3.49. The van der Waals surface area contributed by atoms with Crippen LogP contribution in [0.4, 0.5) is 4.39 Å². The summed E-state index contributed by atoms with van der Waals surface area (Å²) in [6.07, 6.45) is 5.43. The van der Waals surface area contributed by atoms with E-state index in [0.29, 0.717) is 40.8 Å². The van der Waals surface area contributed by atoms with E-state index in [2.05, 4.69) is 15.3 Å². The molecule has 0 fully saturated rings. The summed E-state index contributed by atoms with van der Waals surface area (Å²) in [5, 5.41) is 4.38. The van der Waals surface area contributed by atoms with Crippen LogP contribution in [0.5, 0.6) is 0 Å². The Balaban J connectivity index is 1.50. The number of furan rings is 1. The van der Waals surface area contributed by atoms with Gasteiger partial charge < -0.3 is 19.1 Å². The number of carbonyl (C=O) groups excluding carboxylic acids is 1.